The minimum atomic E-state index is -0.270. The minimum absolute atomic E-state index is 0.0889. The van der Waals surface area contributed by atoms with E-state index in [1.165, 1.54) is 0 Å². The summed E-state index contributed by atoms with van der Waals surface area (Å²) in [5.41, 5.74) is 5.83. The van der Waals surface area contributed by atoms with Crippen molar-refractivity contribution in [3.8, 4) is 0 Å². The fourth-order valence-corrected chi connectivity index (χ4v) is 2.21. The van der Waals surface area contributed by atoms with Gasteiger partial charge in [-0.1, -0.05) is 0 Å². The third-order valence-corrected chi connectivity index (χ3v) is 3.49. The number of rotatable bonds is 3. The molecule has 2 unspecified atom stereocenters. The fraction of sp³-hybridized carbons (Fsp3) is 0.636. The van der Waals surface area contributed by atoms with E-state index in [0.717, 1.165) is 18.9 Å². The molecule has 0 aliphatic carbocycles. The second kappa shape index (κ2) is 4.68. The van der Waals surface area contributed by atoms with Crippen LogP contribution in [-0.4, -0.2) is 48.0 Å². The first-order valence-electron chi connectivity index (χ1n) is 6.14. The molecule has 0 radical (unpaired) electrons. The number of nitrogens with one attached hydrogen (secondary N) is 2. The Hall–Kier alpha value is -1.44. The summed E-state index contributed by atoms with van der Waals surface area (Å²) in [6.45, 7) is 2.61. The molecule has 7 heteroatoms. The van der Waals surface area contributed by atoms with E-state index >= 15 is 0 Å². The first kappa shape index (κ1) is 11.6. The van der Waals surface area contributed by atoms with Crippen molar-refractivity contribution in [2.75, 3.05) is 31.6 Å². The number of nitrogens with zero attached hydrogens (tertiary/aromatic N) is 2. The normalized spacial score (nSPS) is 28.1. The van der Waals surface area contributed by atoms with Gasteiger partial charge in [0.25, 0.3) is 0 Å². The molecule has 3 heterocycles. The number of amides is 1. The van der Waals surface area contributed by atoms with Gasteiger partial charge in [0.1, 0.15) is 5.82 Å². The smallest absolute Gasteiger partial charge is 0.232 e. The molecule has 7 nitrogen and oxygen atoms in total. The highest BCUT2D eigenvalue weighted by Crippen LogP contribution is 2.19. The quantitative estimate of drug-likeness (QED) is 0.636. The van der Waals surface area contributed by atoms with Crippen LogP contribution >= 0.6 is 0 Å². The molecular weight excluding hydrogens is 234 g/mol. The Morgan fingerprint density at radius 1 is 1.56 bits per heavy atom. The predicted molar refractivity (Wildman–Crippen MR) is 65.0 cm³/mol. The van der Waals surface area contributed by atoms with Crippen LogP contribution in [-0.2, 0) is 9.53 Å². The molecule has 2 saturated heterocycles. The van der Waals surface area contributed by atoms with Crippen LogP contribution in [0.3, 0.4) is 0 Å². The SMILES string of the molecule is NC1COCC1C(=O)Nc1ccnn1C1CNC1. The van der Waals surface area contributed by atoms with Gasteiger partial charge in [0, 0.05) is 25.2 Å². The van der Waals surface area contributed by atoms with Crippen LogP contribution in [0.5, 0.6) is 0 Å². The van der Waals surface area contributed by atoms with Crippen LogP contribution in [0.2, 0.25) is 0 Å². The number of aromatic nitrogens is 2. The van der Waals surface area contributed by atoms with Crippen molar-refractivity contribution in [2.45, 2.75) is 12.1 Å². The van der Waals surface area contributed by atoms with Gasteiger partial charge in [-0.05, 0) is 0 Å². The molecule has 0 saturated carbocycles. The summed E-state index contributed by atoms with van der Waals surface area (Å²) >= 11 is 0. The molecule has 0 spiro atoms. The summed E-state index contributed by atoms with van der Waals surface area (Å²) in [4.78, 5) is 12.1. The third kappa shape index (κ3) is 2.00. The van der Waals surface area contributed by atoms with Crippen molar-refractivity contribution in [3.63, 3.8) is 0 Å². The van der Waals surface area contributed by atoms with Crippen LogP contribution in [0.4, 0.5) is 5.82 Å². The van der Waals surface area contributed by atoms with Gasteiger partial charge in [-0.3, -0.25) is 4.79 Å². The van der Waals surface area contributed by atoms with Crippen LogP contribution in [0.15, 0.2) is 12.3 Å². The number of nitrogens with two attached hydrogens (primary N) is 1. The Balaban J connectivity index is 1.68. The number of carbonyl (C=O) groups excluding carboxylic acids is 1. The highest BCUT2D eigenvalue weighted by atomic mass is 16.5. The van der Waals surface area contributed by atoms with Crippen LogP contribution in [0.25, 0.3) is 0 Å². The van der Waals surface area contributed by atoms with E-state index in [9.17, 15) is 4.79 Å². The van der Waals surface area contributed by atoms with Gasteiger partial charge < -0.3 is 21.1 Å². The van der Waals surface area contributed by atoms with Crippen LogP contribution in [0, 0.1) is 5.92 Å². The van der Waals surface area contributed by atoms with E-state index in [0.29, 0.717) is 19.3 Å². The number of hydrogen-bond acceptors (Lipinski definition) is 5. The summed E-state index contributed by atoms with van der Waals surface area (Å²) in [5.74, 6) is 0.368. The zero-order valence-electron chi connectivity index (χ0n) is 10.0. The van der Waals surface area contributed by atoms with Gasteiger partial charge in [-0.25, -0.2) is 4.68 Å². The summed E-state index contributed by atoms with van der Waals surface area (Å²) in [6, 6.07) is 1.91. The van der Waals surface area contributed by atoms with Crippen molar-refractivity contribution in [2.24, 2.45) is 11.7 Å². The Bertz CT molecular complexity index is 442. The van der Waals surface area contributed by atoms with Crippen LogP contribution in [0.1, 0.15) is 6.04 Å². The first-order valence-corrected chi connectivity index (χ1v) is 6.14. The van der Waals surface area contributed by atoms with E-state index in [1.54, 1.807) is 12.3 Å². The lowest BCUT2D eigenvalue weighted by Crippen LogP contribution is -2.44. The number of ether oxygens (including phenoxy) is 1. The highest BCUT2D eigenvalue weighted by molar-refractivity contribution is 5.92. The second-order valence-electron chi connectivity index (χ2n) is 4.77. The Morgan fingerprint density at radius 3 is 3.00 bits per heavy atom. The summed E-state index contributed by atoms with van der Waals surface area (Å²) in [5, 5.41) is 10.3. The van der Waals surface area contributed by atoms with Crippen molar-refractivity contribution < 1.29 is 9.53 Å². The topological polar surface area (TPSA) is 94.2 Å². The molecule has 98 valence electrons. The van der Waals surface area contributed by atoms with Crippen molar-refractivity contribution in [1.29, 1.82) is 0 Å². The molecule has 1 aromatic rings. The van der Waals surface area contributed by atoms with Gasteiger partial charge in [-0.15, -0.1) is 0 Å². The molecule has 1 amide bonds. The standard InChI is InChI=1S/C11H17N5O2/c12-9-6-18-5-8(9)11(17)15-10-1-2-14-16(10)7-3-13-4-7/h1-2,7-9,13H,3-6,12H2,(H,15,17). The third-order valence-electron chi connectivity index (χ3n) is 3.49. The van der Waals surface area contributed by atoms with Gasteiger partial charge in [-0.2, -0.15) is 5.10 Å². The molecule has 18 heavy (non-hydrogen) atoms. The maximum absolute atomic E-state index is 12.1. The number of hydrogen-bond donors (Lipinski definition) is 3. The molecule has 3 rings (SSSR count). The first-order chi connectivity index (χ1) is 8.75. The van der Waals surface area contributed by atoms with E-state index in [1.807, 2.05) is 4.68 Å². The molecule has 2 aliphatic heterocycles. The second-order valence-corrected chi connectivity index (χ2v) is 4.77. The number of carbonyl (C=O) groups is 1. The molecule has 2 aliphatic rings. The zero-order chi connectivity index (χ0) is 12.5. The van der Waals surface area contributed by atoms with Crippen molar-refractivity contribution in [3.05, 3.63) is 12.3 Å². The lowest BCUT2D eigenvalue weighted by molar-refractivity contribution is -0.120. The largest absolute Gasteiger partial charge is 0.379 e. The average molecular weight is 251 g/mol. The molecule has 2 fully saturated rings. The Labute approximate surface area is 105 Å². The average Bonchev–Trinajstić information content (AvgIpc) is 2.86. The predicted octanol–water partition coefficient (Wildman–Crippen LogP) is -1.06. The number of anilines is 1. The summed E-state index contributed by atoms with van der Waals surface area (Å²) in [7, 11) is 0. The highest BCUT2D eigenvalue weighted by Gasteiger charge is 2.32. The van der Waals surface area contributed by atoms with Crippen molar-refractivity contribution in [1.82, 2.24) is 15.1 Å². The molecule has 4 N–H and O–H groups in total. The maximum atomic E-state index is 12.1. The van der Waals surface area contributed by atoms with Crippen LogP contribution < -0.4 is 16.4 Å². The van der Waals surface area contributed by atoms with E-state index in [2.05, 4.69) is 15.7 Å². The van der Waals surface area contributed by atoms with E-state index < -0.39 is 0 Å². The Morgan fingerprint density at radius 2 is 2.39 bits per heavy atom. The van der Waals surface area contributed by atoms with Crippen molar-refractivity contribution >= 4 is 11.7 Å². The maximum Gasteiger partial charge on any atom is 0.232 e. The van der Waals surface area contributed by atoms with E-state index in [4.69, 9.17) is 10.5 Å². The fourth-order valence-electron chi connectivity index (χ4n) is 2.21. The van der Waals surface area contributed by atoms with Gasteiger partial charge in [0.05, 0.1) is 31.4 Å². The van der Waals surface area contributed by atoms with Gasteiger partial charge in [0.15, 0.2) is 0 Å². The molecule has 2 atom stereocenters. The lowest BCUT2D eigenvalue weighted by Gasteiger charge is -2.29. The molecule has 0 aromatic carbocycles. The summed E-state index contributed by atoms with van der Waals surface area (Å²) < 4.78 is 7.04. The zero-order valence-corrected chi connectivity index (χ0v) is 10.0. The summed E-state index contributed by atoms with van der Waals surface area (Å²) in [6.07, 6.45) is 1.69. The van der Waals surface area contributed by atoms with Gasteiger partial charge in [0.2, 0.25) is 5.91 Å². The van der Waals surface area contributed by atoms with Gasteiger partial charge >= 0.3 is 0 Å². The monoisotopic (exact) mass is 251 g/mol. The molecule has 1 aromatic heterocycles. The molecule has 0 bridgehead atoms. The molecular formula is C11H17N5O2. The minimum Gasteiger partial charge on any atom is -0.379 e. The Kier molecular flexibility index (Phi) is 3.02. The van der Waals surface area contributed by atoms with E-state index in [-0.39, 0.29) is 17.9 Å². The lowest BCUT2D eigenvalue weighted by atomic mass is 10.0.